The number of amides is 2. The maximum Gasteiger partial charge on any atom is 0.293 e. The molecular weight excluding hydrogens is 328 g/mol. The van der Waals surface area contributed by atoms with E-state index in [0.717, 1.165) is 37.4 Å². The van der Waals surface area contributed by atoms with E-state index in [9.17, 15) is 19.7 Å². The largest absolute Gasteiger partial charge is 0.293 e. The van der Waals surface area contributed by atoms with Crippen LogP contribution in [0.4, 0.5) is 10.5 Å². The van der Waals surface area contributed by atoms with Crippen LogP contribution in [0.1, 0.15) is 37.7 Å². The number of hydrogen-bond acceptors (Lipinski definition) is 5. The zero-order valence-corrected chi connectivity index (χ0v) is 14.0. The van der Waals surface area contributed by atoms with Crippen LogP contribution in [0.2, 0.25) is 0 Å². The van der Waals surface area contributed by atoms with E-state index in [2.05, 4.69) is 0 Å². The Hall–Kier alpha value is -2.15. The first-order chi connectivity index (χ1) is 11.5. The van der Waals surface area contributed by atoms with Gasteiger partial charge in [0, 0.05) is 18.7 Å². The molecule has 0 radical (unpaired) electrons. The minimum absolute atomic E-state index is 0.0369. The number of non-ortho nitro benzene ring substituents is 1. The van der Waals surface area contributed by atoms with Gasteiger partial charge in [0.2, 0.25) is 0 Å². The summed E-state index contributed by atoms with van der Waals surface area (Å²) in [7, 11) is 0. The van der Waals surface area contributed by atoms with Gasteiger partial charge in [-0.2, -0.15) is 0 Å². The number of benzene rings is 1. The molecule has 0 spiro atoms. The Morgan fingerprint density at radius 3 is 2.71 bits per heavy atom. The van der Waals surface area contributed by atoms with Crippen molar-refractivity contribution in [3.63, 3.8) is 0 Å². The summed E-state index contributed by atoms with van der Waals surface area (Å²) >= 11 is 0.908. The molecule has 2 amide bonds. The van der Waals surface area contributed by atoms with Crippen LogP contribution in [0.3, 0.4) is 0 Å². The molecule has 1 aromatic rings. The fourth-order valence-electron chi connectivity index (χ4n) is 3.16. The number of carbonyl (C=O) groups excluding carboxylic acids is 2. The lowest BCUT2D eigenvalue weighted by Crippen LogP contribution is -2.34. The summed E-state index contributed by atoms with van der Waals surface area (Å²) < 4.78 is 0. The third-order valence-corrected chi connectivity index (χ3v) is 5.33. The smallest absolute Gasteiger partial charge is 0.268 e. The van der Waals surface area contributed by atoms with E-state index >= 15 is 0 Å². The second-order valence-corrected chi connectivity index (χ2v) is 7.14. The van der Waals surface area contributed by atoms with Crippen LogP contribution in [0.25, 0.3) is 6.08 Å². The standard InChI is InChI=1S/C17H18N2O4S/c20-16-15(10-13-7-4-8-14(9-13)19(22)23)24-17(21)18(16)11-12-5-2-1-3-6-12/h4,7-10,12H,1-3,5-6,11H2/b15-10+. The maximum absolute atomic E-state index is 12.5. The third-order valence-electron chi connectivity index (χ3n) is 4.42. The summed E-state index contributed by atoms with van der Waals surface area (Å²) in [6.07, 6.45) is 7.22. The Labute approximate surface area is 144 Å². The molecule has 1 aliphatic heterocycles. The van der Waals surface area contributed by atoms with Crippen molar-refractivity contribution >= 4 is 34.7 Å². The fourth-order valence-corrected chi connectivity index (χ4v) is 4.01. The summed E-state index contributed by atoms with van der Waals surface area (Å²) in [5.41, 5.74) is 0.512. The van der Waals surface area contributed by atoms with Gasteiger partial charge in [0.05, 0.1) is 9.83 Å². The number of hydrogen-bond donors (Lipinski definition) is 0. The molecule has 0 N–H and O–H groups in total. The molecule has 3 rings (SSSR count). The molecule has 1 heterocycles. The maximum atomic E-state index is 12.5. The van der Waals surface area contributed by atoms with Gasteiger partial charge in [0.25, 0.3) is 16.8 Å². The summed E-state index contributed by atoms with van der Waals surface area (Å²) in [6.45, 7) is 0.483. The van der Waals surface area contributed by atoms with Crippen LogP contribution in [-0.2, 0) is 4.79 Å². The lowest BCUT2D eigenvalue weighted by atomic mass is 9.89. The van der Waals surface area contributed by atoms with Gasteiger partial charge in [-0.3, -0.25) is 24.6 Å². The molecule has 2 aliphatic rings. The molecule has 126 valence electrons. The zero-order chi connectivity index (χ0) is 17.1. The quantitative estimate of drug-likeness (QED) is 0.463. The van der Waals surface area contributed by atoms with Crippen molar-refractivity contribution in [3.05, 3.63) is 44.8 Å². The summed E-state index contributed by atoms with van der Waals surface area (Å²) in [5, 5.41) is 10.6. The Morgan fingerprint density at radius 1 is 1.25 bits per heavy atom. The molecule has 0 bridgehead atoms. The highest BCUT2D eigenvalue weighted by Gasteiger charge is 2.36. The average molecular weight is 346 g/mol. The molecule has 0 aromatic heterocycles. The van der Waals surface area contributed by atoms with E-state index in [1.54, 1.807) is 18.2 Å². The first kappa shape index (κ1) is 16.7. The van der Waals surface area contributed by atoms with Crippen LogP contribution < -0.4 is 0 Å². The number of nitro groups is 1. The van der Waals surface area contributed by atoms with Crippen molar-refractivity contribution in [1.29, 1.82) is 0 Å². The van der Waals surface area contributed by atoms with Gasteiger partial charge in [-0.05, 0) is 42.2 Å². The van der Waals surface area contributed by atoms with Crippen LogP contribution in [-0.4, -0.2) is 27.5 Å². The van der Waals surface area contributed by atoms with E-state index in [1.165, 1.54) is 23.5 Å². The minimum atomic E-state index is -0.480. The third kappa shape index (κ3) is 3.67. The van der Waals surface area contributed by atoms with Crippen molar-refractivity contribution in [1.82, 2.24) is 4.90 Å². The number of carbonyl (C=O) groups is 2. The second kappa shape index (κ2) is 7.17. The van der Waals surface area contributed by atoms with Crippen LogP contribution in [0.5, 0.6) is 0 Å². The average Bonchev–Trinajstić information content (AvgIpc) is 2.83. The molecule has 2 fully saturated rings. The highest BCUT2D eigenvalue weighted by molar-refractivity contribution is 8.18. The molecule has 6 nitrogen and oxygen atoms in total. The van der Waals surface area contributed by atoms with Gasteiger partial charge in [-0.15, -0.1) is 0 Å². The number of rotatable bonds is 4. The molecule has 0 atom stereocenters. The molecule has 0 unspecified atom stereocenters. The summed E-state index contributed by atoms with van der Waals surface area (Å²) in [4.78, 5) is 36.7. The van der Waals surface area contributed by atoms with E-state index in [1.807, 2.05) is 0 Å². The highest BCUT2D eigenvalue weighted by atomic mass is 32.2. The van der Waals surface area contributed by atoms with E-state index in [0.29, 0.717) is 22.9 Å². The van der Waals surface area contributed by atoms with Crippen molar-refractivity contribution in [2.75, 3.05) is 6.54 Å². The first-order valence-electron chi connectivity index (χ1n) is 8.04. The molecular formula is C17H18N2O4S. The zero-order valence-electron chi connectivity index (χ0n) is 13.1. The van der Waals surface area contributed by atoms with Gasteiger partial charge in [-0.25, -0.2) is 0 Å². The van der Waals surface area contributed by atoms with E-state index in [-0.39, 0.29) is 16.8 Å². The van der Waals surface area contributed by atoms with Crippen molar-refractivity contribution in [3.8, 4) is 0 Å². The SMILES string of the molecule is O=C1S/C(=C/c2cccc([N+](=O)[O-])c2)C(=O)N1CC1CCCCC1. The number of thioether (sulfide) groups is 1. The number of imide groups is 1. The number of nitro benzene ring substituents is 1. The predicted molar refractivity (Wildman–Crippen MR) is 92.3 cm³/mol. The molecule has 1 aliphatic carbocycles. The Bertz CT molecular complexity index is 710. The minimum Gasteiger partial charge on any atom is -0.268 e. The Kier molecular flexibility index (Phi) is 4.99. The Morgan fingerprint density at radius 2 is 2.00 bits per heavy atom. The molecule has 1 saturated carbocycles. The normalized spacial score (nSPS) is 20.8. The topological polar surface area (TPSA) is 80.5 Å². The van der Waals surface area contributed by atoms with Gasteiger partial charge in [0.15, 0.2) is 0 Å². The second-order valence-electron chi connectivity index (χ2n) is 6.15. The summed E-state index contributed by atoms with van der Waals surface area (Å²) in [6, 6.07) is 6.04. The predicted octanol–water partition coefficient (Wildman–Crippen LogP) is 4.21. The van der Waals surface area contributed by atoms with E-state index < -0.39 is 4.92 Å². The van der Waals surface area contributed by atoms with E-state index in [4.69, 9.17) is 0 Å². The van der Waals surface area contributed by atoms with Gasteiger partial charge < -0.3 is 0 Å². The summed E-state index contributed by atoms with van der Waals surface area (Å²) in [5.74, 6) is 0.103. The van der Waals surface area contributed by atoms with Gasteiger partial charge >= 0.3 is 0 Å². The van der Waals surface area contributed by atoms with Crippen molar-refractivity contribution in [2.45, 2.75) is 32.1 Å². The molecule has 1 aromatic carbocycles. The van der Waals surface area contributed by atoms with Crippen molar-refractivity contribution in [2.24, 2.45) is 5.92 Å². The van der Waals surface area contributed by atoms with Crippen molar-refractivity contribution < 1.29 is 14.5 Å². The fraction of sp³-hybridized carbons (Fsp3) is 0.412. The monoisotopic (exact) mass is 346 g/mol. The Balaban J connectivity index is 1.75. The molecule has 7 heteroatoms. The van der Waals surface area contributed by atoms with Crippen LogP contribution in [0, 0.1) is 16.0 Å². The lowest BCUT2D eigenvalue weighted by Gasteiger charge is -2.25. The lowest BCUT2D eigenvalue weighted by molar-refractivity contribution is -0.384. The number of nitrogens with zero attached hydrogens (tertiary/aromatic N) is 2. The van der Waals surface area contributed by atoms with Crippen LogP contribution in [0.15, 0.2) is 29.2 Å². The first-order valence-corrected chi connectivity index (χ1v) is 8.86. The molecule has 1 saturated heterocycles. The highest BCUT2D eigenvalue weighted by Crippen LogP contribution is 2.35. The van der Waals surface area contributed by atoms with Gasteiger partial charge in [0.1, 0.15) is 0 Å². The van der Waals surface area contributed by atoms with Gasteiger partial charge in [-0.1, -0.05) is 31.4 Å². The molecule has 24 heavy (non-hydrogen) atoms. The van der Waals surface area contributed by atoms with Crippen LogP contribution >= 0.6 is 11.8 Å².